The van der Waals surface area contributed by atoms with Crippen molar-refractivity contribution >= 4 is 5.97 Å². The molecule has 12 heavy (non-hydrogen) atoms. The highest BCUT2D eigenvalue weighted by molar-refractivity contribution is 5.69. The Balaban J connectivity index is 3.51. The lowest BCUT2D eigenvalue weighted by atomic mass is 10.0. The molecule has 0 aromatic carbocycles. The van der Waals surface area contributed by atoms with Crippen LogP contribution in [0, 0.1) is 5.92 Å². The maximum absolute atomic E-state index is 11.6. The molecule has 2 nitrogen and oxygen atoms in total. The van der Waals surface area contributed by atoms with Crippen LogP contribution in [0.15, 0.2) is 0 Å². The van der Waals surface area contributed by atoms with Gasteiger partial charge in [-0.15, -0.1) is 0 Å². The van der Waals surface area contributed by atoms with Crippen LogP contribution in [-0.2, 0) is 4.79 Å². The van der Waals surface area contributed by atoms with Crippen LogP contribution in [0.4, 0.5) is 13.2 Å². The lowest BCUT2D eigenvalue weighted by molar-refractivity contribution is -0.144. The molecule has 0 rings (SSSR count). The van der Waals surface area contributed by atoms with Gasteiger partial charge in [0.2, 0.25) is 0 Å². The average molecular weight is 184 g/mol. The predicted molar refractivity (Wildman–Crippen MR) is 36.7 cm³/mol. The SMILES string of the molecule is C[C@@H](CCCC(F)(F)F)C(=O)O. The number of rotatable bonds is 4. The van der Waals surface area contributed by atoms with Crippen LogP contribution in [0.2, 0.25) is 0 Å². The summed E-state index contributed by atoms with van der Waals surface area (Å²) < 4.78 is 34.7. The second-order valence-corrected chi connectivity index (χ2v) is 2.75. The van der Waals surface area contributed by atoms with Crippen molar-refractivity contribution in [3.63, 3.8) is 0 Å². The van der Waals surface area contributed by atoms with Crippen LogP contribution in [0.1, 0.15) is 26.2 Å². The smallest absolute Gasteiger partial charge is 0.389 e. The van der Waals surface area contributed by atoms with Gasteiger partial charge < -0.3 is 5.11 Å². The molecule has 0 bridgehead atoms. The van der Waals surface area contributed by atoms with Gasteiger partial charge in [-0.2, -0.15) is 13.2 Å². The van der Waals surface area contributed by atoms with E-state index < -0.39 is 24.5 Å². The molecule has 0 aliphatic rings. The van der Waals surface area contributed by atoms with E-state index >= 15 is 0 Å². The minimum atomic E-state index is -4.17. The van der Waals surface area contributed by atoms with Gasteiger partial charge in [0.05, 0.1) is 5.92 Å². The molecule has 0 saturated carbocycles. The molecular weight excluding hydrogens is 173 g/mol. The number of carbonyl (C=O) groups is 1. The number of carboxylic acids is 1. The molecule has 0 saturated heterocycles. The van der Waals surface area contributed by atoms with Crippen molar-refractivity contribution < 1.29 is 23.1 Å². The molecule has 72 valence electrons. The van der Waals surface area contributed by atoms with E-state index in [4.69, 9.17) is 5.11 Å². The Hall–Kier alpha value is -0.740. The first-order chi connectivity index (χ1) is 5.33. The van der Waals surface area contributed by atoms with E-state index in [2.05, 4.69) is 0 Å². The van der Waals surface area contributed by atoms with Crippen molar-refractivity contribution in [2.24, 2.45) is 5.92 Å². The Bertz CT molecular complexity index is 153. The van der Waals surface area contributed by atoms with Gasteiger partial charge in [0.1, 0.15) is 0 Å². The number of alkyl halides is 3. The van der Waals surface area contributed by atoms with Crippen molar-refractivity contribution in [2.45, 2.75) is 32.4 Å². The van der Waals surface area contributed by atoms with E-state index in [1.807, 2.05) is 0 Å². The highest BCUT2D eigenvalue weighted by Crippen LogP contribution is 2.23. The topological polar surface area (TPSA) is 37.3 Å². The molecule has 1 N–H and O–H groups in total. The first-order valence-electron chi connectivity index (χ1n) is 3.62. The van der Waals surface area contributed by atoms with Crippen LogP contribution < -0.4 is 0 Å². The zero-order chi connectivity index (χ0) is 9.78. The van der Waals surface area contributed by atoms with E-state index in [-0.39, 0.29) is 12.8 Å². The van der Waals surface area contributed by atoms with E-state index in [0.29, 0.717) is 0 Å². The summed E-state index contributed by atoms with van der Waals surface area (Å²) in [6.45, 7) is 1.40. The lowest BCUT2D eigenvalue weighted by Gasteiger charge is -2.07. The molecule has 5 heteroatoms. The summed E-state index contributed by atoms with van der Waals surface area (Å²) in [6.07, 6.45) is -5.10. The van der Waals surface area contributed by atoms with E-state index in [0.717, 1.165) is 0 Å². The van der Waals surface area contributed by atoms with Gasteiger partial charge in [-0.3, -0.25) is 4.79 Å². The first-order valence-corrected chi connectivity index (χ1v) is 3.62. The van der Waals surface area contributed by atoms with Gasteiger partial charge in [0, 0.05) is 6.42 Å². The third kappa shape index (κ3) is 6.00. The second-order valence-electron chi connectivity index (χ2n) is 2.75. The van der Waals surface area contributed by atoms with Crippen LogP contribution in [-0.4, -0.2) is 17.3 Å². The quantitative estimate of drug-likeness (QED) is 0.728. The van der Waals surface area contributed by atoms with Gasteiger partial charge in [-0.25, -0.2) is 0 Å². The number of aliphatic carboxylic acids is 1. The Kier molecular flexibility index (Phi) is 4.06. The molecule has 0 aliphatic heterocycles. The fourth-order valence-corrected chi connectivity index (χ4v) is 0.732. The molecule has 0 heterocycles. The van der Waals surface area contributed by atoms with Crippen molar-refractivity contribution in [3.05, 3.63) is 0 Å². The van der Waals surface area contributed by atoms with Crippen LogP contribution in [0.5, 0.6) is 0 Å². The van der Waals surface area contributed by atoms with Crippen molar-refractivity contribution in [3.8, 4) is 0 Å². The van der Waals surface area contributed by atoms with Gasteiger partial charge in [0.15, 0.2) is 0 Å². The summed E-state index contributed by atoms with van der Waals surface area (Å²) in [5, 5.41) is 8.33. The Morgan fingerprint density at radius 2 is 2.00 bits per heavy atom. The summed E-state index contributed by atoms with van der Waals surface area (Å²) in [5.41, 5.74) is 0. The fourth-order valence-electron chi connectivity index (χ4n) is 0.732. The monoisotopic (exact) mass is 184 g/mol. The molecule has 0 spiro atoms. The number of carboxylic acid groups (broad SMARTS) is 1. The number of hydrogen-bond donors (Lipinski definition) is 1. The third-order valence-electron chi connectivity index (χ3n) is 1.52. The molecule has 0 aliphatic carbocycles. The van der Waals surface area contributed by atoms with E-state index in [1.54, 1.807) is 0 Å². The minimum absolute atomic E-state index is 0.0782. The molecule has 0 amide bonds. The van der Waals surface area contributed by atoms with Gasteiger partial charge in [-0.05, 0) is 12.8 Å². The summed E-state index contributed by atoms with van der Waals surface area (Å²) in [4.78, 5) is 10.2. The van der Waals surface area contributed by atoms with Crippen molar-refractivity contribution in [2.75, 3.05) is 0 Å². The van der Waals surface area contributed by atoms with Gasteiger partial charge in [-0.1, -0.05) is 6.92 Å². The van der Waals surface area contributed by atoms with Crippen LogP contribution >= 0.6 is 0 Å². The molecule has 0 fully saturated rings. The Morgan fingerprint density at radius 3 is 2.33 bits per heavy atom. The van der Waals surface area contributed by atoms with Crippen LogP contribution in [0.25, 0.3) is 0 Å². The minimum Gasteiger partial charge on any atom is -0.481 e. The third-order valence-corrected chi connectivity index (χ3v) is 1.52. The summed E-state index contributed by atoms with van der Waals surface area (Å²) in [7, 11) is 0. The molecule has 0 aromatic rings. The molecule has 0 aromatic heterocycles. The zero-order valence-electron chi connectivity index (χ0n) is 6.69. The Morgan fingerprint density at radius 1 is 1.50 bits per heavy atom. The average Bonchev–Trinajstić information content (AvgIpc) is 1.84. The Labute approximate surface area is 68.4 Å². The fraction of sp³-hybridized carbons (Fsp3) is 0.857. The highest BCUT2D eigenvalue weighted by atomic mass is 19.4. The standard InChI is InChI=1S/C7H11F3O2/c1-5(6(11)12)3-2-4-7(8,9)10/h5H,2-4H2,1H3,(H,11,12)/t5-/m0/s1. The zero-order valence-corrected chi connectivity index (χ0v) is 6.69. The highest BCUT2D eigenvalue weighted by Gasteiger charge is 2.26. The van der Waals surface area contributed by atoms with Crippen molar-refractivity contribution in [1.82, 2.24) is 0 Å². The molecular formula is C7H11F3O2. The summed E-state index contributed by atoms with van der Waals surface area (Å²) in [5.74, 6) is -1.73. The predicted octanol–water partition coefficient (Wildman–Crippen LogP) is 2.44. The summed E-state index contributed by atoms with van der Waals surface area (Å²) >= 11 is 0. The maximum Gasteiger partial charge on any atom is 0.389 e. The molecule has 0 radical (unpaired) electrons. The maximum atomic E-state index is 11.6. The van der Waals surface area contributed by atoms with Gasteiger partial charge >= 0.3 is 12.1 Å². The first kappa shape index (κ1) is 11.3. The summed E-state index contributed by atoms with van der Waals surface area (Å²) in [6, 6.07) is 0. The normalized spacial score (nSPS) is 14.3. The number of hydrogen-bond acceptors (Lipinski definition) is 1. The van der Waals surface area contributed by atoms with Crippen molar-refractivity contribution in [1.29, 1.82) is 0 Å². The van der Waals surface area contributed by atoms with Crippen LogP contribution in [0.3, 0.4) is 0 Å². The molecule has 1 atom stereocenters. The second kappa shape index (κ2) is 4.33. The van der Waals surface area contributed by atoms with E-state index in [9.17, 15) is 18.0 Å². The largest absolute Gasteiger partial charge is 0.481 e. The molecule has 0 unspecified atom stereocenters. The number of halogens is 3. The van der Waals surface area contributed by atoms with Gasteiger partial charge in [0.25, 0.3) is 0 Å². The van der Waals surface area contributed by atoms with E-state index in [1.165, 1.54) is 6.92 Å². The lowest BCUT2D eigenvalue weighted by Crippen LogP contribution is -2.12.